The number of ether oxygens (including phenoxy) is 2. The fourth-order valence-electron chi connectivity index (χ4n) is 2.58. The number of carbonyl (C=O) groups excluding carboxylic acids is 1. The molecular formula is C20H26NO6P. The van der Waals surface area contributed by atoms with Gasteiger partial charge in [0, 0.05) is 0 Å². The summed E-state index contributed by atoms with van der Waals surface area (Å²) in [6.07, 6.45) is -0.726. The molecule has 0 aromatic heterocycles. The molecule has 2 aromatic carbocycles. The van der Waals surface area contributed by atoms with Crippen LogP contribution >= 0.6 is 7.60 Å². The summed E-state index contributed by atoms with van der Waals surface area (Å²) in [6.45, 7) is 3.84. The molecule has 28 heavy (non-hydrogen) atoms. The number of hydrogen-bond acceptors (Lipinski definition) is 6. The van der Waals surface area contributed by atoms with Crippen LogP contribution in [-0.4, -0.2) is 26.4 Å². The molecule has 0 aliphatic rings. The molecule has 0 fully saturated rings. The van der Waals surface area contributed by atoms with Gasteiger partial charge in [0.1, 0.15) is 12.4 Å². The summed E-state index contributed by atoms with van der Waals surface area (Å²) in [5.41, 5.74) is 1.37. The number of rotatable bonds is 10. The maximum absolute atomic E-state index is 13.4. The Hall–Kier alpha value is -2.34. The van der Waals surface area contributed by atoms with E-state index in [0.29, 0.717) is 11.3 Å². The molecule has 0 aliphatic carbocycles. The second-order valence-electron chi connectivity index (χ2n) is 5.76. The van der Waals surface area contributed by atoms with Crippen molar-refractivity contribution in [3.63, 3.8) is 0 Å². The number of nitrogens with one attached hydrogen (secondary N) is 1. The van der Waals surface area contributed by atoms with E-state index in [1.54, 1.807) is 38.1 Å². The van der Waals surface area contributed by atoms with Crippen molar-refractivity contribution in [2.75, 3.05) is 20.3 Å². The van der Waals surface area contributed by atoms with Gasteiger partial charge in [-0.15, -0.1) is 0 Å². The first-order valence-electron chi connectivity index (χ1n) is 9.02. The molecule has 1 N–H and O–H groups in total. The summed E-state index contributed by atoms with van der Waals surface area (Å²) in [7, 11) is -2.17. The summed E-state index contributed by atoms with van der Waals surface area (Å²) < 4.78 is 34.8. The summed E-state index contributed by atoms with van der Waals surface area (Å²) >= 11 is 0. The van der Waals surface area contributed by atoms with Crippen molar-refractivity contribution < 1.29 is 27.9 Å². The monoisotopic (exact) mass is 407 g/mol. The van der Waals surface area contributed by atoms with Crippen LogP contribution in [0.1, 0.15) is 30.8 Å². The zero-order chi connectivity index (χ0) is 20.4. The van der Waals surface area contributed by atoms with Gasteiger partial charge in [-0.05, 0) is 37.1 Å². The van der Waals surface area contributed by atoms with Crippen molar-refractivity contribution in [1.29, 1.82) is 0 Å². The van der Waals surface area contributed by atoms with Gasteiger partial charge < -0.3 is 23.8 Å². The maximum Gasteiger partial charge on any atom is 0.408 e. The predicted molar refractivity (Wildman–Crippen MR) is 106 cm³/mol. The molecule has 2 rings (SSSR count). The third-order valence-electron chi connectivity index (χ3n) is 3.81. The first-order valence-corrected chi connectivity index (χ1v) is 10.6. The Morgan fingerprint density at radius 2 is 1.71 bits per heavy atom. The lowest BCUT2D eigenvalue weighted by Crippen LogP contribution is -2.30. The van der Waals surface area contributed by atoms with Crippen molar-refractivity contribution >= 4 is 13.7 Å². The van der Waals surface area contributed by atoms with Gasteiger partial charge in [-0.25, -0.2) is 4.79 Å². The molecule has 0 heterocycles. The topological polar surface area (TPSA) is 83.1 Å². The average Bonchev–Trinajstić information content (AvgIpc) is 2.71. The number of methoxy groups -OCH3 is 1. The highest BCUT2D eigenvalue weighted by Crippen LogP contribution is 2.59. The van der Waals surface area contributed by atoms with E-state index < -0.39 is 19.5 Å². The predicted octanol–water partition coefficient (Wildman–Crippen LogP) is 4.89. The van der Waals surface area contributed by atoms with Gasteiger partial charge in [-0.3, -0.25) is 4.57 Å². The molecule has 0 spiro atoms. The highest BCUT2D eigenvalue weighted by atomic mass is 31.2. The lowest BCUT2D eigenvalue weighted by atomic mass is 10.2. The van der Waals surface area contributed by atoms with Crippen LogP contribution < -0.4 is 10.1 Å². The molecule has 0 radical (unpaired) electrons. The molecule has 0 saturated heterocycles. The van der Waals surface area contributed by atoms with Crippen LogP contribution in [0.25, 0.3) is 0 Å². The normalized spacial score (nSPS) is 12.2. The molecule has 8 heteroatoms. The van der Waals surface area contributed by atoms with Gasteiger partial charge in [-0.2, -0.15) is 0 Å². The minimum atomic E-state index is -3.70. The summed E-state index contributed by atoms with van der Waals surface area (Å²) in [4.78, 5) is 12.4. The van der Waals surface area contributed by atoms with E-state index in [1.165, 1.54) is 7.11 Å². The number of amides is 1. The molecule has 2 aromatic rings. The Bertz CT molecular complexity index is 788. The van der Waals surface area contributed by atoms with Gasteiger partial charge in [0.25, 0.3) is 0 Å². The first kappa shape index (κ1) is 22.0. The number of hydrogen-bond donors (Lipinski definition) is 1. The minimum absolute atomic E-state index is 0.0884. The largest absolute Gasteiger partial charge is 0.497 e. The lowest BCUT2D eigenvalue weighted by molar-refractivity contribution is 0.134. The number of alkyl carbamates (subject to hydrolysis) is 1. The maximum atomic E-state index is 13.4. The second kappa shape index (κ2) is 10.9. The zero-order valence-electron chi connectivity index (χ0n) is 16.3. The van der Waals surface area contributed by atoms with Gasteiger partial charge in [0.2, 0.25) is 0 Å². The van der Waals surface area contributed by atoms with Crippen LogP contribution in [0.2, 0.25) is 0 Å². The van der Waals surface area contributed by atoms with E-state index in [-0.39, 0.29) is 19.8 Å². The molecular weight excluding hydrogens is 381 g/mol. The van der Waals surface area contributed by atoms with E-state index in [2.05, 4.69) is 5.32 Å². The Balaban J connectivity index is 2.24. The quantitative estimate of drug-likeness (QED) is 0.565. The SMILES string of the molecule is CCOP(=O)(OCC)C(NC(=O)OCc1ccccc1)c1cccc(OC)c1. The van der Waals surface area contributed by atoms with E-state index in [0.717, 1.165) is 5.56 Å². The van der Waals surface area contributed by atoms with Crippen molar-refractivity contribution in [1.82, 2.24) is 5.32 Å². The van der Waals surface area contributed by atoms with E-state index >= 15 is 0 Å². The fourth-order valence-corrected chi connectivity index (χ4v) is 4.46. The summed E-state index contributed by atoms with van der Waals surface area (Å²) in [5, 5.41) is 2.64. The summed E-state index contributed by atoms with van der Waals surface area (Å²) in [6, 6.07) is 16.2. The average molecular weight is 407 g/mol. The Morgan fingerprint density at radius 3 is 2.32 bits per heavy atom. The van der Waals surface area contributed by atoms with Gasteiger partial charge in [-0.1, -0.05) is 42.5 Å². The molecule has 0 saturated carbocycles. The van der Waals surface area contributed by atoms with E-state index in [1.807, 2.05) is 30.3 Å². The molecule has 1 amide bonds. The molecule has 0 bridgehead atoms. The fraction of sp³-hybridized carbons (Fsp3) is 0.350. The van der Waals surface area contributed by atoms with Crippen LogP contribution in [0.15, 0.2) is 54.6 Å². The van der Waals surface area contributed by atoms with Gasteiger partial charge in [0.05, 0.1) is 20.3 Å². The number of benzene rings is 2. The highest BCUT2D eigenvalue weighted by molar-refractivity contribution is 7.54. The highest BCUT2D eigenvalue weighted by Gasteiger charge is 2.38. The van der Waals surface area contributed by atoms with Crippen LogP contribution in [0.5, 0.6) is 5.75 Å². The zero-order valence-corrected chi connectivity index (χ0v) is 17.2. The van der Waals surface area contributed by atoms with Gasteiger partial charge in [0.15, 0.2) is 5.78 Å². The van der Waals surface area contributed by atoms with Gasteiger partial charge >= 0.3 is 13.7 Å². The van der Waals surface area contributed by atoms with Crippen molar-refractivity contribution in [2.45, 2.75) is 26.2 Å². The molecule has 152 valence electrons. The van der Waals surface area contributed by atoms with Crippen molar-refractivity contribution in [3.8, 4) is 5.75 Å². The third kappa shape index (κ3) is 6.09. The number of carbonyl (C=O) groups is 1. The van der Waals surface area contributed by atoms with Crippen LogP contribution in [0.3, 0.4) is 0 Å². The third-order valence-corrected chi connectivity index (χ3v) is 6.11. The Kier molecular flexibility index (Phi) is 8.51. The van der Waals surface area contributed by atoms with E-state index in [9.17, 15) is 9.36 Å². The Morgan fingerprint density at radius 1 is 1.04 bits per heavy atom. The standard InChI is InChI=1S/C20H26NO6P/c1-4-26-28(23,27-5-2)19(17-12-9-13-18(14-17)24-3)21-20(22)25-15-16-10-7-6-8-11-16/h6-14,19H,4-5,15H2,1-3H3,(H,21,22). The molecule has 0 aliphatic heterocycles. The first-order chi connectivity index (χ1) is 13.5. The van der Waals surface area contributed by atoms with Crippen LogP contribution in [0, 0.1) is 0 Å². The van der Waals surface area contributed by atoms with Crippen molar-refractivity contribution in [2.24, 2.45) is 0 Å². The smallest absolute Gasteiger partial charge is 0.408 e. The molecule has 1 unspecified atom stereocenters. The minimum Gasteiger partial charge on any atom is -0.497 e. The molecule has 7 nitrogen and oxygen atoms in total. The molecule has 1 atom stereocenters. The lowest BCUT2D eigenvalue weighted by Gasteiger charge is -2.27. The van der Waals surface area contributed by atoms with E-state index in [4.69, 9.17) is 18.5 Å². The second-order valence-corrected chi connectivity index (χ2v) is 7.87. The van der Waals surface area contributed by atoms with Crippen LogP contribution in [0.4, 0.5) is 4.79 Å². The van der Waals surface area contributed by atoms with Crippen LogP contribution in [-0.2, 0) is 25.0 Å². The van der Waals surface area contributed by atoms with Crippen molar-refractivity contribution in [3.05, 3.63) is 65.7 Å². The Labute approximate surface area is 165 Å². The summed E-state index contributed by atoms with van der Waals surface area (Å²) in [5.74, 6) is -0.479.